The predicted octanol–water partition coefficient (Wildman–Crippen LogP) is 2.86. The molecule has 4 aromatic rings. The van der Waals surface area contributed by atoms with Crippen LogP contribution in [0, 0.1) is 17.8 Å². The molecule has 0 radical (unpaired) electrons. The lowest BCUT2D eigenvalue weighted by atomic mass is 10.1. The average molecular weight is 650 g/mol. The first-order chi connectivity index (χ1) is 21.4. The van der Waals surface area contributed by atoms with Crippen LogP contribution in [0.4, 0.5) is 5.69 Å². The summed E-state index contributed by atoms with van der Waals surface area (Å²) < 4.78 is 30.3. The predicted molar refractivity (Wildman–Crippen MR) is 174 cm³/mol. The zero-order valence-corrected chi connectivity index (χ0v) is 26.2. The number of carboxylic acids is 1. The maximum absolute atomic E-state index is 13.2. The number of nitrogens with one attached hydrogen (secondary N) is 2. The minimum Gasteiger partial charge on any atom is -0.480 e. The Morgan fingerprint density at radius 3 is 2.20 bits per heavy atom. The number of H-pyrrole nitrogens is 1. The fraction of sp³-hybridized carbons (Fsp3) is 0.281. The first-order valence-electron chi connectivity index (χ1n) is 14.3. The molecule has 0 bridgehead atoms. The maximum Gasteiger partial charge on any atom is 0.329 e. The summed E-state index contributed by atoms with van der Waals surface area (Å²) in [5, 5.41) is 10.3. The number of carbonyl (C=O) groups is 1. The third-order valence-electron chi connectivity index (χ3n) is 7.61. The highest BCUT2D eigenvalue weighted by Gasteiger charge is 2.33. The number of anilines is 1. The summed E-state index contributed by atoms with van der Waals surface area (Å²) in [5.74, 6) is 4.58. The topological polar surface area (TPSA) is 145 Å². The van der Waals surface area contributed by atoms with Crippen molar-refractivity contribution in [2.75, 3.05) is 31.1 Å². The van der Waals surface area contributed by atoms with Crippen LogP contribution in [0.3, 0.4) is 0 Å². The molecule has 1 saturated heterocycles. The average Bonchev–Trinajstić information content (AvgIpc) is 3.02. The van der Waals surface area contributed by atoms with Crippen molar-refractivity contribution in [2.24, 2.45) is 5.92 Å². The van der Waals surface area contributed by atoms with Crippen molar-refractivity contribution in [3.05, 3.63) is 109 Å². The van der Waals surface area contributed by atoms with Gasteiger partial charge >= 0.3 is 11.7 Å². The van der Waals surface area contributed by atoms with E-state index in [9.17, 15) is 27.9 Å². The molecular weight excluding hydrogens is 618 g/mol. The van der Waals surface area contributed by atoms with Crippen molar-refractivity contribution < 1.29 is 18.3 Å². The van der Waals surface area contributed by atoms with E-state index in [1.807, 2.05) is 24.3 Å². The third kappa shape index (κ3) is 7.46. The molecule has 0 spiro atoms. The molecule has 2 heterocycles. The van der Waals surface area contributed by atoms with E-state index in [-0.39, 0.29) is 19.6 Å². The Morgan fingerprint density at radius 1 is 0.956 bits per heavy atom. The Kier molecular flexibility index (Phi) is 9.45. The molecule has 1 atom stereocenters. The Hall–Kier alpha value is -4.41. The fourth-order valence-corrected chi connectivity index (χ4v) is 6.65. The first-order valence-corrected chi connectivity index (χ1v) is 16.1. The van der Waals surface area contributed by atoms with Gasteiger partial charge in [-0.15, -0.1) is 0 Å². The first kappa shape index (κ1) is 32.0. The molecule has 11 nitrogen and oxygen atoms in total. The smallest absolute Gasteiger partial charge is 0.329 e. The SMILES string of the molecule is CC(C)[C@@H](NS(=O)(=O)N1CCN(c2ccc(C#Cc3ccc4[nH]c(=O)n(Cc5ccc(Cl)cc5)c(=O)c4c3)cc2)CC1)C(=O)O. The van der Waals surface area contributed by atoms with Gasteiger partial charge in [0.25, 0.3) is 15.8 Å². The third-order valence-corrected chi connectivity index (χ3v) is 9.46. The Morgan fingerprint density at radius 2 is 1.58 bits per heavy atom. The number of carboxylic acid groups (broad SMARTS) is 1. The number of aliphatic carboxylic acids is 1. The van der Waals surface area contributed by atoms with Gasteiger partial charge in [0.1, 0.15) is 6.04 Å². The summed E-state index contributed by atoms with van der Waals surface area (Å²) in [4.78, 5) is 42.1. The maximum atomic E-state index is 13.2. The quantitative estimate of drug-likeness (QED) is 0.249. The van der Waals surface area contributed by atoms with Crippen molar-refractivity contribution in [3.63, 3.8) is 0 Å². The molecule has 45 heavy (non-hydrogen) atoms. The highest BCUT2D eigenvalue weighted by Crippen LogP contribution is 2.19. The molecule has 1 aromatic heterocycles. The van der Waals surface area contributed by atoms with E-state index in [2.05, 4.69) is 26.4 Å². The normalized spacial score (nSPS) is 14.7. The number of benzene rings is 3. The second-order valence-electron chi connectivity index (χ2n) is 11.1. The number of piperazine rings is 1. The van der Waals surface area contributed by atoms with Gasteiger partial charge in [0, 0.05) is 48.0 Å². The van der Waals surface area contributed by atoms with E-state index < -0.39 is 39.4 Å². The molecule has 0 saturated carbocycles. The molecule has 1 fully saturated rings. The molecule has 1 aliphatic rings. The Balaban J connectivity index is 1.26. The van der Waals surface area contributed by atoms with E-state index in [1.54, 1.807) is 56.3 Å². The van der Waals surface area contributed by atoms with Crippen LogP contribution in [0.1, 0.15) is 30.5 Å². The van der Waals surface area contributed by atoms with Crippen molar-refractivity contribution in [1.29, 1.82) is 0 Å². The lowest BCUT2D eigenvalue weighted by Crippen LogP contribution is -2.55. The van der Waals surface area contributed by atoms with Gasteiger partial charge in [-0.3, -0.25) is 14.2 Å². The molecule has 234 valence electrons. The monoisotopic (exact) mass is 649 g/mol. The van der Waals surface area contributed by atoms with Crippen LogP contribution < -0.4 is 20.9 Å². The summed E-state index contributed by atoms with van der Waals surface area (Å²) in [6, 6.07) is 18.4. The lowest BCUT2D eigenvalue weighted by molar-refractivity contribution is -0.140. The van der Waals surface area contributed by atoms with Crippen LogP contribution in [-0.4, -0.2) is 65.6 Å². The summed E-state index contributed by atoms with van der Waals surface area (Å²) >= 11 is 5.95. The van der Waals surface area contributed by atoms with Crippen LogP contribution in [-0.2, 0) is 21.5 Å². The van der Waals surface area contributed by atoms with Crippen LogP contribution in [0.2, 0.25) is 5.02 Å². The molecule has 0 amide bonds. The lowest BCUT2D eigenvalue weighted by Gasteiger charge is -2.36. The number of hydrogen-bond donors (Lipinski definition) is 3. The van der Waals surface area contributed by atoms with Crippen molar-refractivity contribution in [1.82, 2.24) is 18.6 Å². The van der Waals surface area contributed by atoms with Gasteiger partial charge < -0.3 is 15.0 Å². The molecule has 5 rings (SSSR count). The summed E-state index contributed by atoms with van der Waals surface area (Å²) in [5.41, 5.74) is 2.55. The van der Waals surface area contributed by atoms with E-state index in [0.29, 0.717) is 34.6 Å². The number of halogens is 1. The zero-order valence-electron chi connectivity index (χ0n) is 24.7. The second-order valence-corrected chi connectivity index (χ2v) is 13.2. The van der Waals surface area contributed by atoms with Crippen molar-refractivity contribution >= 4 is 44.4 Å². The molecular formula is C32H32ClN5O6S. The highest BCUT2D eigenvalue weighted by molar-refractivity contribution is 7.87. The molecule has 1 aliphatic heterocycles. The number of aromatic nitrogens is 2. The van der Waals surface area contributed by atoms with Crippen LogP contribution in [0.25, 0.3) is 10.9 Å². The number of rotatable bonds is 8. The largest absolute Gasteiger partial charge is 0.480 e. The van der Waals surface area contributed by atoms with Crippen molar-refractivity contribution in [3.8, 4) is 11.8 Å². The fourth-order valence-electron chi connectivity index (χ4n) is 5.04. The summed E-state index contributed by atoms with van der Waals surface area (Å²) in [7, 11) is -3.94. The van der Waals surface area contributed by atoms with Gasteiger partial charge in [-0.2, -0.15) is 17.4 Å². The molecule has 13 heteroatoms. The van der Waals surface area contributed by atoms with Gasteiger partial charge in [0.2, 0.25) is 0 Å². The van der Waals surface area contributed by atoms with Gasteiger partial charge in [-0.1, -0.05) is 49.4 Å². The number of aromatic amines is 1. The summed E-state index contributed by atoms with van der Waals surface area (Å²) in [6.45, 7) is 4.74. The Labute approximate surface area is 265 Å². The van der Waals surface area contributed by atoms with E-state index in [4.69, 9.17) is 11.6 Å². The molecule has 3 N–H and O–H groups in total. The standard InChI is InChI=1S/C32H32ClN5O6S/c1-21(2)29(31(40)41)35-45(43,44)37-17-15-36(16-18-37)26-12-7-22(8-13-26)3-4-23-9-14-28-27(19-23)30(39)38(32(42)34-28)20-24-5-10-25(33)11-6-24/h5-14,19,21,29,35H,15-18,20H2,1-2H3,(H,34,42)(H,40,41)/t29-/m1/s1. The van der Waals surface area contributed by atoms with Crippen LogP contribution in [0.5, 0.6) is 0 Å². The highest BCUT2D eigenvalue weighted by atomic mass is 35.5. The second kappa shape index (κ2) is 13.3. The molecule has 0 aliphatic carbocycles. The number of fused-ring (bicyclic) bond motifs is 1. The zero-order chi connectivity index (χ0) is 32.3. The van der Waals surface area contributed by atoms with Gasteiger partial charge in [0.05, 0.1) is 17.4 Å². The molecule has 3 aromatic carbocycles. The van der Waals surface area contributed by atoms with Crippen molar-refractivity contribution in [2.45, 2.75) is 26.4 Å². The van der Waals surface area contributed by atoms with E-state index in [1.165, 1.54) is 4.31 Å². The minimum atomic E-state index is -3.94. The van der Waals surface area contributed by atoms with E-state index in [0.717, 1.165) is 21.4 Å². The van der Waals surface area contributed by atoms with Gasteiger partial charge in [0.15, 0.2) is 0 Å². The number of hydrogen-bond acceptors (Lipinski definition) is 6. The van der Waals surface area contributed by atoms with E-state index >= 15 is 0 Å². The number of nitrogens with zero attached hydrogens (tertiary/aromatic N) is 3. The van der Waals surface area contributed by atoms with Gasteiger partial charge in [-0.05, 0) is 66.1 Å². The Bertz CT molecular complexity index is 2000. The van der Waals surface area contributed by atoms with Crippen LogP contribution >= 0.6 is 11.6 Å². The van der Waals surface area contributed by atoms with Gasteiger partial charge in [-0.25, -0.2) is 4.79 Å². The van der Waals surface area contributed by atoms with Crippen LogP contribution in [0.15, 0.2) is 76.3 Å². The minimum absolute atomic E-state index is 0.106. The molecule has 0 unspecified atom stereocenters. The summed E-state index contributed by atoms with van der Waals surface area (Å²) in [6.07, 6.45) is 0.